The van der Waals surface area contributed by atoms with Gasteiger partial charge >= 0.3 is 5.97 Å². The van der Waals surface area contributed by atoms with Gasteiger partial charge in [-0.15, -0.1) is 5.10 Å². The molecule has 218 valence electrons. The van der Waals surface area contributed by atoms with Crippen molar-refractivity contribution in [3.8, 4) is 17.6 Å². The van der Waals surface area contributed by atoms with E-state index in [4.69, 9.17) is 24.5 Å². The topological polar surface area (TPSA) is 104 Å². The summed E-state index contributed by atoms with van der Waals surface area (Å²) in [6.07, 6.45) is 2.81. The van der Waals surface area contributed by atoms with Gasteiger partial charge in [-0.1, -0.05) is 12.1 Å². The molecule has 0 unspecified atom stereocenters. The van der Waals surface area contributed by atoms with Crippen molar-refractivity contribution in [2.24, 2.45) is 0 Å². The molecule has 11 heteroatoms. The predicted octanol–water partition coefficient (Wildman–Crippen LogP) is 5.43. The van der Waals surface area contributed by atoms with Gasteiger partial charge in [0.05, 0.1) is 53.7 Å². The van der Waals surface area contributed by atoms with E-state index in [0.29, 0.717) is 41.3 Å². The summed E-state index contributed by atoms with van der Waals surface area (Å²) in [7, 11) is 1.34. The largest absolute Gasteiger partial charge is 0.472 e. The first-order valence-corrected chi connectivity index (χ1v) is 13.7. The van der Waals surface area contributed by atoms with Crippen molar-refractivity contribution in [1.82, 2.24) is 19.3 Å². The minimum Gasteiger partial charge on any atom is -0.472 e. The van der Waals surface area contributed by atoms with Crippen LogP contribution in [0.1, 0.15) is 44.9 Å². The summed E-state index contributed by atoms with van der Waals surface area (Å²) in [5, 5.41) is 13.3. The maximum atomic E-state index is 15.6. The van der Waals surface area contributed by atoms with Gasteiger partial charge in [-0.2, -0.15) is 5.26 Å². The van der Waals surface area contributed by atoms with Crippen molar-refractivity contribution < 1.29 is 27.8 Å². The van der Waals surface area contributed by atoms with Crippen LogP contribution in [0.25, 0.3) is 16.7 Å². The quantitative estimate of drug-likeness (QED) is 0.213. The maximum absolute atomic E-state index is 15.6. The minimum absolute atomic E-state index is 0.0246. The van der Waals surface area contributed by atoms with E-state index in [2.05, 4.69) is 5.10 Å². The fraction of sp³-hybridized carbons (Fsp3) is 0.250. The number of fused-ring (bicyclic) bond motifs is 1. The highest BCUT2D eigenvalue weighted by Crippen LogP contribution is 2.27. The summed E-state index contributed by atoms with van der Waals surface area (Å²) in [5.74, 6) is -0.507. The lowest BCUT2D eigenvalue weighted by molar-refractivity contribution is -0.0589. The highest BCUT2D eigenvalue weighted by molar-refractivity contribution is 5.93. The number of rotatable bonds is 9. The molecule has 0 bridgehead atoms. The zero-order chi connectivity index (χ0) is 30.1. The predicted molar refractivity (Wildman–Crippen MR) is 152 cm³/mol. The molecule has 0 spiro atoms. The van der Waals surface area contributed by atoms with Crippen molar-refractivity contribution in [2.45, 2.75) is 39.0 Å². The van der Waals surface area contributed by atoms with Crippen molar-refractivity contribution in [3.05, 3.63) is 106 Å². The monoisotopic (exact) mass is 583 g/mol. The van der Waals surface area contributed by atoms with Crippen LogP contribution in [-0.4, -0.2) is 45.1 Å². The highest BCUT2D eigenvalue weighted by atomic mass is 19.1. The van der Waals surface area contributed by atoms with Gasteiger partial charge in [0, 0.05) is 36.9 Å². The maximum Gasteiger partial charge on any atom is 0.337 e. The summed E-state index contributed by atoms with van der Waals surface area (Å²) >= 11 is 0. The molecular weight excluding hydrogens is 556 g/mol. The lowest BCUT2D eigenvalue weighted by Gasteiger charge is -2.27. The molecule has 1 fully saturated rings. The number of imidazole rings is 1. The molecule has 9 nitrogen and oxygen atoms in total. The van der Waals surface area contributed by atoms with Crippen LogP contribution in [0, 0.1) is 29.9 Å². The molecule has 1 atom stereocenters. The zero-order valence-corrected chi connectivity index (χ0v) is 23.5. The van der Waals surface area contributed by atoms with Gasteiger partial charge in [-0.3, -0.25) is 0 Å². The van der Waals surface area contributed by atoms with E-state index in [1.807, 2.05) is 17.6 Å². The molecule has 43 heavy (non-hydrogen) atoms. The Balaban J connectivity index is 1.24. The van der Waals surface area contributed by atoms with Gasteiger partial charge in [0.15, 0.2) is 0 Å². The number of aromatic nitrogens is 4. The summed E-state index contributed by atoms with van der Waals surface area (Å²) in [6.45, 7) is 3.02. The number of esters is 1. The van der Waals surface area contributed by atoms with Crippen LogP contribution in [-0.2, 0) is 29.0 Å². The van der Waals surface area contributed by atoms with Gasteiger partial charge in [0.2, 0.25) is 5.88 Å². The lowest BCUT2D eigenvalue weighted by atomic mass is 10.1. The third-order valence-electron chi connectivity index (χ3n) is 7.51. The number of hydrogen-bond donors (Lipinski definition) is 0. The van der Waals surface area contributed by atoms with Gasteiger partial charge in [-0.05, 0) is 54.8 Å². The molecular formula is C32H27F2N5O4. The Hall–Kier alpha value is -5.08. The van der Waals surface area contributed by atoms with Crippen molar-refractivity contribution in [2.75, 3.05) is 13.7 Å². The second kappa shape index (κ2) is 11.7. The van der Waals surface area contributed by atoms with Crippen LogP contribution in [0.2, 0.25) is 0 Å². The highest BCUT2D eigenvalue weighted by Gasteiger charge is 2.23. The second-order valence-corrected chi connectivity index (χ2v) is 10.3. The summed E-state index contributed by atoms with van der Waals surface area (Å²) < 4.78 is 49.4. The minimum atomic E-state index is -0.537. The molecule has 5 aromatic rings. The Kier molecular flexibility index (Phi) is 7.61. The Morgan fingerprint density at radius 1 is 1.12 bits per heavy atom. The number of ether oxygens (including phenoxy) is 3. The van der Waals surface area contributed by atoms with E-state index in [1.54, 1.807) is 36.5 Å². The first-order chi connectivity index (χ1) is 20.8. The van der Waals surface area contributed by atoms with Crippen LogP contribution < -0.4 is 4.74 Å². The fourth-order valence-corrected chi connectivity index (χ4v) is 5.08. The molecule has 0 radical (unpaired) electrons. The van der Waals surface area contributed by atoms with E-state index in [0.717, 1.165) is 23.6 Å². The van der Waals surface area contributed by atoms with Crippen molar-refractivity contribution in [3.63, 3.8) is 0 Å². The Labute approximate surface area is 245 Å². The molecule has 0 amide bonds. The number of benzene rings is 3. The molecule has 0 saturated carbocycles. The summed E-state index contributed by atoms with van der Waals surface area (Å²) in [5.41, 5.74) is 4.14. The number of carbonyl (C=O) groups excluding carboxylic acids is 1. The van der Waals surface area contributed by atoms with E-state index < -0.39 is 17.6 Å². The van der Waals surface area contributed by atoms with Gasteiger partial charge in [0.1, 0.15) is 24.1 Å². The number of methoxy groups -OCH3 is 1. The average Bonchev–Trinajstić information content (AvgIpc) is 3.59. The molecule has 3 aromatic carbocycles. The molecule has 1 saturated heterocycles. The molecule has 6 rings (SSSR count). The zero-order valence-electron chi connectivity index (χ0n) is 23.5. The Bertz CT molecular complexity index is 1890. The second-order valence-electron chi connectivity index (χ2n) is 10.3. The number of aryl methyl sites for hydroxylation is 1. The fourth-order valence-electron chi connectivity index (χ4n) is 5.08. The number of nitriles is 1. The standard InChI is InChI=1S/C32H27F2N5O4/c1-19-11-23(14-30-36-27-6-5-21(32(40)41-2)13-29(27)38(30)17-24-8-10-42-24)26(34)15-28(19)39-9-7-31(37-39)43-18-22-4-3-20(16-35)12-25(22)33/h3-7,9,11-13,15,24H,8,10,14,17-18H2,1-2H3/t24-/m0/s1. The van der Waals surface area contributed by atoms with E-state index in [-0.39, 0.29) is 36.1 Å². The molecule has 0 aliphatic carbocycles. The third-order valence-corrected chi connectivity index (χ3v) is 7.51. The lowest BCUT2D eigenvalue weighted by Crippen LogP contribution is -2.31. The molecule has 1 aliphatic rings. The van der Waals surface area contributed by atoms with E-state index in [9.17, 15) is 9.18 Å². The first-order valence-electron chi connectivity index (χ1n) is 13.7. The van der Waals surface area contributed by atoms with E-state index in [1.165, 1.54) is 30.0 Å². The van der Waals surface area contributed by atoms with Gasteiger partial charge in [-0.25, -0.2) is 23.2 Å². The van der Waals surface area contributed by atoms with E-state index >= 15 is 4.39 Å². The molecule has 1 aliphatic heterocycles. The average molecular weight is 584 g/mol. The van der Waals surface area contributed by atoms with Crippen LogP contribution in [0.4, 0.5) is 8.78 Å². The Morgan fingerprint density at radius 3 is 2.65 bits per heavy atom. The number of hydrogen-bond acceptors (Lipinski definition) is 7. The first kappa shape index (κ1) is 28.1. The number of halogens is 2. The van der Waals surface area contributed by atoms with Crippen LogP contribution in [0.15, 0.2) is 60.8 Å². The van der Waals surface area contributed by atoms with Crippen LogP contribution in [0.3, 0.4) is 0 Å². The SMILES string of the molecule is COC(=O)c1ccc2nc(Cc3cc(C)c(-n4ccc(OCc5ccc(C#N)cc5F)n4)cc3F)n(C[C@@H]3CCO3)c2c1. The molecule has 3 heterocycles. The number of nitrogens with zero attached hydrogens (tertiary/aromatic N) is 5. The van der Waals surface area contributed by atoms with Crippen molar-refractivity contribution >= 4 is 17.0 Å². The smallest absolute Gasteiger partial charge is 0.337 e. The van der Waals surface area contributed by atoms with Gasteiger partial charge < -0.3 is 18.8 Å². The molecule has 0 N–H and O–H groups in total. The third kappa shape index (κ3) is 5.69. The summed E-state index contributed by atoms with van der Waals surface area (Å²) in [4.78, 5) is 16.9. The Morgan fingerprint density at radius 2 is 1.93 bits per heavy atom. The van der Waals surface area contributed by atoms with Crippen LogP contribution in [0.5, 0.6) is 5.88 Å². The van der Waals surface area contributed by atoms with Gasteiger partial charge in [0.25, 0.3) is 0 Å². The molecule has 2 aromatic heterocycles. The summed E-state index contributed by atoms with van der Waals surface area (Å²) in [6, 6.07) is 16.0. The number of carbonyl (C=O) groups is 1. The normalized spacial score (nSPS) is 14.3. The van der Waals surface area contributed by atoms with Crippen molar-refractivity contribution in [1.29, 1.82) is 5.26 Å². The van der Waals surface area contributed by atoms with Crippen LogP contribution >= 0.6 is 0 Å².